The zero-order valence-corrected chi connectivity index (χ0v) is 11.8. The van der Waals surface area contributed by atoms with Gasteiger partial charge in [-0.1, -0.05) is 0 Å². The molecule has 0 saturated heterocycles. The molecule has 0 saturated carbocycles. The number of ether oxygens (including phenoxy) is 3. The lowest BCUT2D eigenvalue weighted by Gasteiger charge is -2.32. The Balaban J connectivity index is 3.08. The summed E-state index contributed by atoms with van der Waals surface area (Å²) in [5.41, 5.74) is 6.75. The van der Waals surface area contributed by atoms with Gasteiger partial charge in [0.2, 0.25) is 0 Å². The molecule has 1 unspecified atom stereocenters. The van der Waals surface area contributed by atoms with Crippen LogP contribution in [0.2, 0.25) is 0 Å². The van der Waals surface area contributed by atoms with E-state index in [4.69, 9.17) is 19.9 Å². The van der Waals surface area contributed by atoms with Crippen molar-refractivity contribution in [1.29, 1.82) is 0 Å². The van der Waals surface area contributed by atoms with Crippen LogP contribution in [-0.4, -0.2) is 26.4 Å². The number of nitrogens with two attached hydrogens (primary N) is 1. The first-order valence-electron chi connectivity index (χ1n) is 6.07. The van der Waals surface area contributed by atoms with Crippen molar-refractivity contribution in [3.05, 3.63) is 23.8 Å². The smallest absolute Gasteiger partial charge is 0.127 e. The van der Waals surface area contributed by atoms with E-state index in [0.717, 1.165) is 17.1 Å². The zero-order valence-electron chi connectivity index (χ0n) is 11.8. The van der Waals surface area contributed by atoms with Gasteiger partial charge in [0.25, 0.3) is 0 Å². The molecule has 1 aromatic rings. The molecule has 1 atom stereocenters. The molecule has 0 aliphatic rings. The van der Waals surface area contributed by atoms with Crippen molar-refractivity contribution in [3.8, 4) is 11.5 Å². The van der Waals surface area contributed by atoms with Gasteiger partial charge in [0.15, 0.2) is 0 Å². The molecule has 18 heavy (non-hydrogen) atoms. The molecule has 0 spiro atoms. The van der Waals surface area contributed by atoms with Crippen molar-refractivity contribution in [2.75, 3.05) is 20.8 Å². The molecule has 0 heterocycles. The van der Waals surface area contributed by atoms with E-state index in [9.17, 15) is 0 Å². The summed E-state index contributed by atoms with van der Waals surface area (Å²) in [6, 6.07) is 5.36. The minimum atomic E-state index is -0.448. The average Bonchev–Trinajstić information content (AvgIpc) is 2.37. The molecular formula is C14H23NO3. The maximum atomic E-state index is 6.28. The van der Waals surface area contributed by atoms with Crippen LogP contribution in [-0.2, 0) is 4.74 Å². The number of hydrogen-bond acceptors (Lipinski definition) is 4. The number of methoxy groups -OCH3 is 2. The van der Waals surface area contributed by atoms with Gasteiger partial charge in [0.05, 0.1) is 25.9 Å². The number of benzene rings is 1. The van der Waals surface area contributed by atoms with E-state index in [1.54, 1.807) is 14.2 Å². The van der Waals surface area contributed by atoms with Crippen LogP contribution in [0.15, 0.2) is 18.2 Å². The Morgan fingerprint density at radius 3 is 2.39 bits per heavy atom. The summed E-state index contributed by atoms with van der Waals surface area (Å²) in [5.74, 6) is 1.46. The van der Waals surface area contributed by atoms with Crippen molar-refractivity contribution >= 4 is 0 Å². The lowest BCUT2D eigenvalue weighted by atomic mass is 9.91. The molecule has 0 amide bonds. The third-order valence-electron chi connectivity index (χ3n) is 3.04. The van der Waals surface area contributed by atoms with Crippen molar-refractivity contribution in [1.82, 2.24) is 0 Å². The quantitative estimate of drug-likeness (QED) is 0.846. The van der Waals surface area contributed by atoms with Gasteiger partial charge in [-0.15, -0.1) is 0 Å². The fraction of sp³-hybridized carbons (Fsp3) is 0.571. The van der Waals surface area contributed by atoms with Crippen LogP contribution in [0.1, 0.15) is 32.4 Å². The van der Waals surface area contributed by atoms with E-state index in [-0.39, 0.29) is 6.04 Å². The topological polar surface area (TPSA) is 53.7 Å². The first kappa shape index (κ1) is 14.8. The fourth-order valence-corrected chi connectivity index (χ4v) is 1.91. The van der Waals surface area contributed by atoms with E-state index < -0.39 is 5.60 Å². The lowest BCUT2D eigenvalue weighted by Crippen LogP contribution is -2.38. The normalized spacial score (nSPS) is 13.2. The standard InChI is InChI=1S/C14H23NO3/c1-6-18-14(2,3)13(15)11-8-7-10(16-4)9-12(11)17-5/h7-9,13H,6,15H2,1-5H3. The summed E-state index contributed by atoms with van der Waals surface area (Å²) < 4.78 is 16.2. The first-order chi connectivity index (χ1) is 8.46. The number of hydrogen-bond donors (Lipinski definition) is 1. The van der Waals surface area contributed by atoms with Crippen LogP contribution in [0.5, 0.6) is 11.5 Å². The van der Waals surface area contributed by atoms with Gasteiger partial charge in [-0.2, -0.15) is 0 Å². The molecule has 0 bridgehead atoms. The first-order valence-corrected chi connectivity index (χ1v) is 6.07. The van der Waals surface area contributed by atoms with Gasteiger partial charge in [-0.05, 0) is 32.9 Å². The van der Waals surface area contributed by atoms with E-state index in [1.807, 2.05) is 39.0 Å². The molecule has 1 aromatic carbocycles. The van der Waals surface area contributed by atoms with Crippen LogP contribution in [0, 0.1) is 0 Å². The Morgan fingerprint density at radius 2 is 1.89 bits per heavy atom. The highest BCUT2D eigenvalue weighted by molar-refractivity contribution is 5.43. The van der Waals surface area contributed by atoms with Crippen LogP contribution in [0.4, 0.5) is 0 Å². The van der Waals surface area contributed by atoms with E-state index in [1.165, 1.54) is 0 Å². The SMILES string of the molecule is CCOC(C)(C)C(N)c1ccc(OC)cc1OC. The highest BCUT2D eigenvalue weighted by atomic mass is 16.5. The van der Waals surface area contributed by atoms with Crippen LogP contribution >= 0.6 is 0 Å². The third kappa shape index (κ3) is 3.15. The Bertz CT molecular complexity index is 391. The second-order valence-corrected chi connectivity index (χ2v) is 4.62. The van der Waals surface area contributed by atoms with Gasteiger partial charge in [-0.3, -0.25) is 0 Å². The van der Waals surface area contributed by atoms with Gasteiger partial charge >= 0.3 is 0 Å². The summed E-state index contributed by atoms with van der Waals surface area (Å²) in [7, 11) is 3.25. The molecule has 0 aromatic heterocycles. The maximum absolute atomic E-state index is 6.28. The molecule has 102 valence electrons. The molecule has 4 nitrogen and oxygen atoms in total. The Labute approximate surface area is 109 Å². The maximum Gasteiger partial charge on any atom is 0.127 e. The summed E-state index contributed by atoms with van der Waals surface area (Å²) in [6.07, 6.45) is 0. The Morgan fingerprint density at radius 1 is 1.22 bits per heavy atom. The monoisotopic (exact) mass is 253 g/mol. The van der Waals surface area contributed by atoms with Crippen molar-refractivity contribution in [2.45, 2.75) is 32.4 Å². The largest absolute Gasteiger partial charge is 0.497 e. The van der Waals surface area contributed by atoms with E-state index >= 15 is 0 Å². The van der Waals surface area contributed by atoms with Gasteiger partial charge in [0.1, 0.15) is 11.5 Å². The predicted octanol–water partition coefficient (Wildman–Crippen LogP) is 2.52. The molecule has 0 aliphatic heterocycles. The lowest BCUT2D eigenvalue weighted by molar-refractivity contribution is -0.0302. The minimum absolute atomic E-state index is 0.265. The predicted molar refractivity (Wildman–Crippen MR) is 72.2 cm³/mol. The molecule has 2 N–H and O–H groups in total. The second kappa shape index (κ2) is 6.07. The van der Waals surface area contributed by atoms with E-state index in [0.29, 0.717) is 6.61 Å². The summed E-state index contributed by atoms with van der Waals surface area (Å²) >= 11 is 0. The minimum Gasteiger partial charge on any atom is -0.497 e. The average molecular weight is 253 g/mol. The molecule has 4 heteroatoms. The molecule has 1 rings (SSSR count). The highest BCUT2D eigenvalue weighted by Crippen LogP contribution is 2.34. The van der Waals surface area contributed by atoms with Gasteiger partial charge in [0, 0.05) is 18.2 Å². The molecular weight excluding hydrogens is 230 g/mol. The van der Waals surface area contributed by atoms with Crippen LogP contribution in [0.25, 0.3) is 0 Å². The Hall–Kier alpha value is -1.26. The number of rotatable bonds is 6. The van der Waals surface area contributed by atoms with Crippen molar-refractivity contribution < 1.29 is 14.2 Å². The molecule has 0 fully saturated rings. The van der Waals surface area contributed by atoms with Crippen molar-refractivity contribution in [3.63, 3.8) is 0 Å². The highest BCUT2D eigenvalue weighted by Gasteiger charge is 2.30. The molecule has 0 aliphatic carbocycles. The van der Waals surface area contributed by atoms with Crippen molar-refractivity contribution in [2.24, 2.45) is 5.73 Å². The Kier molecular flexibility index (Phi) is 4.99. The van der Waals surface area contributed by atoms with Gasteiger partial charge in [-0.25, -0.2) is 0 Å². The molecule has 0 radical (unpaired) electrons. The van der Waals surface area contributed by atoms with E-state index in [2.05, 4.69) is 0 Å². The summed E-state index contributed by atoms with van der Waals surface area (Å²) in [5, 5.41) is 0. The second-order valence-electron chi connectivity index (χ2n) is 4.62. The summed E-state index contributed by atoms with van der Waals surface area (Å²) in [4.78, 5) is 0. The zero-order chi connectivity index (χ0) is 13.8. The summed E-state index contributed by atoms with van der Waals surface area (Å²) in [6.45, 7) is 6.54. The van der Waals surface area contributed by atoms with Gasteiger partial charge < -0.3 is 19.9 Å². The fourth-order valence-electron chi connectivity index (χ4n) is 1.91. The van der Waals surface area contributed by atoms with Crippen LogP contribution in [0.3, 0.4) is 0 Å². The van der Waals surface area contributed by atoms with Crippen LogP contribution < -0.4 is 15.2 Å². The third-order valence-corrected chi connectivity index (χ3v) is 3.04.